The Morgan fingerprint density at radius 3 is 1.96 bits per heavy atom. The molecule has 126 valence electrons. The Morgan fingerprint density at radius 1 is 0.875 bits per heavy atom. The molecule has 0 radical (unpaired) electrons. The molecule has 2 amide bonds. The number of amides is 2. The number of anilines is 2. The summed E-state index contributed by atoms with van der Waals surface area (Å²) < 4.78 is 5.34. The molecule has 2 N–H and O–H groups in total. The molecule has 0 saturated carbocycles. The van der Waals surface area contributed by atoms with Crippen LogP contribution >= 0.6 is 0 Å². The van der Waals surface area contributed by atoms with Gasteiger partial charge in [0.05, 0.1) is 6.61 Å². The molecule has 0 aliphatic rings. The van der Waals surface area contributed by atoms with Crippen molar-refractivity contribution in [3.63, 3.8) is 0 Å². The Labute approximate surface area is 142 Å². The number of rotatable bonds is 6. The van der Waals surface area contributed by atoms with Gasteiger partial charge < -0.3 is 15.4 Å². The second kappa shape index (κ2) is 8.15. The Hall–Kier alpha value is -2.82. The molecule has 0 atom stereocenters. The normalized spacial score (nSPS) is 10.1. The summed E-state index contributed by atoms with van der Waals surface area (Å²) in [5.41, 5.74) is 3.45. The quantitative estimate of drug-likeness (QED) is 0.796. The molecule has 0 bridgehead atoms. The Bertz CT molecular complexity index is 704. The monoisotopic (exact) mass is 326 g/mol. The first-order valence-corrected chi connectivity index (χ1v) is 7.87. The molecule has 0 heterocycles. The average Bonchev–Trinajstić information content (AvgIpc) is 2.48. The molecule has 5 heteroatoms. The second-order valence-corrected chi connectivity index (χ2v) is 5.61. The Kier molecular flexibility index (Phi) is 5.95. The molecule has 0 aliphatic heterocycles. The van der Waals surface area contributed by atoms with Crippen LogP contribution in [0.3, 0.4) is 0 Å². The van der Waals surface area contributed by atoms with Gasteiger partial charge in [0.1, 0.15) is 12.2 Å². The van der Waals surface area contributed by atoms with Gasteiger partial charge in [-0.1, -0.05) is 6.07 Å². The number of hydrogen-bond donors (Lipinski definition) is 2. The molecular weight excluding hydrogens is 304 g/mol. The first-order chi connectivity index (χ1) is 11.5. The van der Waals surface area contributed by atoms with Gasteiger partial charge >= 0.3 is 0 Å². The summed E-state index contributed by atoms with van der Waals surface area (Å²) in [5, 5.41) is 5.44. The van der Waals surface area contributed by atoms with Crippen LogP contribution in [0.25, 0.3) is 0 Å². The zero-order chi connectivity index (χ0) is 17.5. The van der Waals surface area contributed by atoms with E-state index < -0.39 is 0 Å². The molecule has 2 rings (SSSR count). The summed E-state index contributed by atoms with van der Waals surface area (Å²) in [5.74, 6) is 0.0348. The zero-order valence-electron chi connectivity index (χ0n) is 14.2. The van der Waals surface area contributed by atoms with Crippen molar-refractivity contribution < 1.29 is 14.3 Å². The predicted octanol–water partition coefficient (Wildman–Crippen LogP) is 3.67. The molecule has 0 spiro atoms. The highest BCUT2D eigenvalue weighted by Crippen LogP contribution is 2.16. The number of hydrogen-bond acceptors (Lipinski definition) is 3. The first-order valence-electron chi connectivity index (χ1n) is 7.87. The lowest BCUT2D eigenvalue weighted by molar-refractivity contribution is -0.123. The predicted molar refractivity (Wildman–Crippen MR) is 95.4 cm³/mol. The molecule has 0 unspecified atom stereocenters. The topological polar surface area (TPSA) is 67.4 Å². The number of ether oxygens (including phenoxy) is 1. The molecule has 0 aliphatic carbocycles. The van der Waals surface area contributed by atoms with Crippen molar-refractivity contribution in [3.8, 4) is 5.75 Å². The van der Waals surface area contributed by atoms with Gasteiger partial charge in [-0.2, -0.15) is 0 Å². The third kappa shape index (κ3) is 5.43. The summed E-state index contributed by atoms with van der Waals surface area (Å²) in [4.78, 5) is 23.9. The van der Waals surface area contributed by atoms with Crippen molar-refractivity contribution in [2.75, 3.05) is 17.2 Å². The smallest absolute Gasteiger partial charge is 0.233 e. The molecule has 0 saturated heterocycles. The SMILES string of the molecule is CCOc1ccc(NC(=O)CC(=O)Nc2cc(C)cc(C)c2)cc1. The minimum atomic E-state index is -0.360. The summed E-state index contributed by atoms with van der Waals surface area (Å²) in [6, 6.07) is 12.8. The molecule has 2 aromatic carbocycles. The van der Waals surface area contributed by atoms with E-state index in [0.717, 1.165) is 16.9 Å². The molecule has 24 heavy (non-hydrogen) atoms. The molecule has 0 aromatic heterocycles. The highest BCUT2D eigenvalue weighted by molar-refractivity contribution is 6.08. The van der Waals surface area contributed by atoms with Crippen molar-refractivity contribution in [1.82, 2.24) is 0 Å². The van der Waals surface area contributed by atoms with E-state index in [1.54, 1.807) is 24.3 Å². The second-order valence-electron chi connectivity index (χ2n) is 5.61. The standard InChI is InChI=1S/C19H22N2O3/c1-4-24-17-7-5-15(6-8-17)20-18(22)12-19(23)21-16-10-13(2)9-14(3)11-16/h5-11H,4,12H2,1-3H3,(H,20,22)(H,21,23). The zero-order valence-corrected chi connectivity index (χ0v) is 14.2. The van der Waals surface area contributed by atoms with E-state index in [9.17, 15) is 9.59 Å². The van der Waals surface area contributed by atoms with Crippen LogP contribution < -0.4 is 15.4 Å². The Morgan fingerprint density at radius 2 is 1.42 bits per heavy atom. The number of carbonyl (C=O) groups excluding carboxylic acids is 2. The lowest BCUT2D eigenvalue weighted by atomic mass is 10.1. The van der Waals surface area contributed by atoms with Crippen LogP contribution in [0.4, 0.5) is 11.4 Å². The molecule has 0 fully saturated rings. The van der Waals surface area contributed by atoms with Gasteiger partial charge in [0.15, 0.2) is 0 Å². The first kappa shape index (κ1) is 17.5. The number of aryl methyl sites for hydroxylation is 2. The van der Waals surface area contributed by atoms with Crippen LogP contribution in [-0.2, 0) is 9.59 Å². The van der Waals surface area contributed by atoms with E-state index >= 15 is 0 Å². The largest absolute Gasteiger partial charge is 0.494 e. The van der Waals surface area contributed by atoms with Crippen molar-refractivity contribution >= 4 is 23.2 Å². The van der Waals surface area contributed by atoms with Gasteiger partial charge in [-0.15, -0.1) is 0 Å². The van der Waals surface area contributed by atoms with Gasteiger partial charge in [0, 0.05) is 11.4 Å². The fraction of sp³-hybridized carbons (Fsp3) is 0.263. The van der Waals surface area contributed by atoms with Gasteiger partial charge in [-0.05, 0) is 68.3 Å². The maximum atomic E-state index is 12.0. The van der Waals surface area contributed by atoms with Gasteiger partial charge in [0.2, 0.25) is 11.8 Å². The van der Waals surface area contributed by atoms with Gasteiger partial charge in [-0.3, -0.25) is 9.59 Å². The lowest BCUT2D eigenvalue weighted by Gasteiger charge is -2.09. The fourth-order valence-corrected chi connectivity index (χ4v) is 2.40. The molecule has 5 nitrogen and oxygen atoms in total. The van der Waals surface area contributed by atoms with Gasteiger partial charge in [0.25, 0.3) is 0 Å². The van der Waals surface area contributed by atoms with Crippen molar-refractivity contribution in [2.24, 2.45) is 0 Å². The minimum Gasteiger partial charge on any atom is -0.494 e. The van der Waals surface area contributed by atoms with Crippen molar-refractivity contribution in [2.45, 2.75) is 27.2 Å². The summed E-state index contributed by atoms with van der Waals surface area (Å²) in [7, 11) is 0. The van der Waals surface area contributed by atoms with Crippen LogP contribution in [0.15, 0.2) is 42.5 Å². The lowest BCUT2D eigenvalue weighted by Crippen LogP contribution is -2.21. The van der Waals surface area contributed by atoms with Crippen LogP contribution in [-0.4, -0.2) is 18.4 Å². The third-order valence-corrected chi connectivity index (χ3v) is 3.28. The maximum absolute atomic E-state index is 12.0. The summed E-state index contributed by atoms with van der Waals surface area (Å²) in [6.07, 6.45) is -0.236. The van der Waals surface area contributed by atoms with Crippen molar-refractivity contribution in [1.29, 1.82) is 0 Å². The van der Waals surface area contributed by atoms with E-state index in [1.165, 1.54) is 0 Å². The summed E-state index contributed by atoms with van der Waals surface area (Å²) in [6.45, 7) is 6.41. The van der Waals surface area contributed by atoms with E-state index in [2.05, 4.69) is 10.6 Å². The van der Waals surface area contributed by atoms with Crippen LogP contribution in [0.1, 0.15) is 24.5 Å². The molecule has 2 aromatic rings. The van der Waals surface area contributed by atoms with E-state index in [4.69, 9.17) is 4.74 Å². The van der Waals surface area contributed by atoms with Crippen LogP contribution in [0.2, 0.25) is 0 Å². The van der Waals surface area contributed by atoms with E-state index in [-0.39, 0.29) is 18.2 Å². The summed E-state index contributed by atoms with van der Waals surface area (Å²) >= 11 is 0. The number of benzene rings is 2. The van der Waals surface area contributed by atoms with E-state index in [1.807, 2.05) is 39.0 Å². The number of carbonyl (C=O) groups is 2. The van der Waals surface area contributed by atoms with Gasteiger partial charge in [-0.25, -0.2) is 0 Å². The highest BCUT2D eigenvalue weighted by atomic mass is 16.5. The van der Waals surface area contributed by atoms with Crippen LogP contribution in [0, 0.1) is 13.8 Å². The van der Waals surface area contributed by atoms with Crippen LogP contribution in [0.5, 0.6) is 5.75 Å². The third-order valence-electron chi connectivity index (χ3n) is 3.28. The Balaban J connectivity index is 1.88. The molecular formula is C19H22N2O3. The highest BCUT2D eigenvalue weighted by Gasteiger charge is 2.10. The minimum absolute atomic E-state index is 0.236. The average molecular weight is 326 g/mol. The van der Waals surface area contributed by atoms with Crippen molar-refractivity contribution in [3.05, 3.63) is 53.6 Å². The maximum Gasteiger partial charge on any atom is 0.233 e. The van der Waals surface area contributed by atoms with E-state index in [0.29, 0.717) is 18.0 Å². The fourth-order valence-electron chi connectivity index (χ4n) is 2.40. The number of nitrogens with one attached hydrogen (secondary N) is 2.